The number of nitrogens with one attached hydrogen (secondary N) is 1. The summed E-state index contributed by atoms with van der Waals surface area (Å²) >= 11 is 9.55. The Labute approximate surface area is 204 Å². The normalized spacial score (nSPS) is 13.8. The first-order chi connectivity index (χ1) is 13.7. The fraction of sp³-hybridized carbons (Fsp3) is 0.429. The van der Waals surface area contributed by atoms with Crippen LogP contribution in [0.15, 0.2) is 40.9 Å². The fourth-order valence-electron chi connectivity index (χ4n) is 3.05. The SMILES string of the molecule is COc1cc(CNCCN2CCOCC2)cc(Br)c1OCc1ccc(Cl)cc1.Cl.Cl. The Kier molecular flexibility index (Phi) is 13.1. The van der Waals surface area contributed by atoms with E-state index < -0.39 is 0 Å². The van der Waals surface area contributed by atoms with Gasteiger partial charge in [-0.1, -0.05) is 23.7 Å². The van der Waals surface area contributed by atoms with Crippen LogP contribution < -0.4 is 14.8 Å². The predicted molar refractivity (Wildman–Crippen MR) is 130 cm³/mol. The van der Waals surface area contributed by atoms with Crippen molar-refractivity contribution in [2.45, 2.75) is 13.2 Å². The monoisotopic (exact) mass is 540 g/mol. The van der Waals surface area contributed by atoms with Gasteiger partial charge >= 0.3 is 0 Å². The van der Waals surface area contributed by atoms with Gasteiger partial charge in [0.1, 0.15) is 6.61 Å². The maximum Gasteiger partial charge on any atom is 0.175 e. The van der Waals surface area contributed by atoms with Crippen molar-refractivity contribution in [3.05, 3.63) is 57.0 Å². The van der Waals surface area contributed by atoms with Gasteiger partial charge in [-0.2, -0.15) is 0 Å². The third kappa shape index (κ3) is 8.42. The van der Waals surface area contributed by atoms with Crippen molar-refractivity contribution in [2.24, 2.45) is 0 Å². The molecular formula is C21H28BrCl3N2O3. The van der Waals surface area contributed by atoms with Crippen LogP contribution in [0.4, 0.5) is 0 Å². The Hall–Kier alpha value is -0.730. The molecule has 1 aliphatic rings. The van der Waals surface area contributed by atoms with Crippen molar-refractivity contribution in [1.82, 2.24) is 10.2 Å². The molecule has 3 rings (SSSR count). The van der Waals surface area contributed by atoms with E-state index in [1.807, 2.05) is 30.3 Å². The Morgan fingerprint density at radius 2 is 1.80 bits per heavy atom. The van der Waals surface area contributed by atoms with Crippen LogP contribution >= 0.6 is 52.3 Å². The van der Waals surface area contributed by atoms with E-state index in [0.29, 0.717) is 23.1 Å². The summed E-state index contributed by atoms with van der Waals surface area (Å²) in [6, 6.07) is 11.7. The molecule has 0 spiro atoms. The van der Waals surface area contributed by atoms with Gasteiger partial charge in [-0.15, -0.1) is 24.8 Å². The summed E-state index contributed by atoms with van der Waals surface area (Å²) in [6.45, 7) is 6.89. The molecule has 2 aromatic carbocycles. The first-order valence-electron chi connectivity index (χ1n) is 9.40. The minimum atomic E-state index is 0. The topological polar surface area (TPSA) is 43.0 Å². The summed E-state index contributed by atoms with van der Waals surface area (Å²) in [4.78, 5) is 2.42. The van der Waals surface area contributed by atoms with Crippen molar-refractivity contribution in [3.63, 3.8) is 0 Å². The minimum absolute atomic E-state index is 0. The molecule has 0 radical (unpaired) electrons. The Morgan fingerprint density at radius 3 is 2.47 bits per heavy atom. The lowest BCUT2D eigenvalue weighted by Gasteiger charge is -2.26. The van der Waals surface area contributed by atoms with Gasteiger partial charge in [0.2, 0.25) is 0 Å². The fourth-order valence-corrected chi connectivity index (χ4v) is 3.78. The number of ether oxygens (including phenoxy) is 3. The van der Waals surface area contributed by atoms with E-state index in [9.17, 15) is 0 Å². The summed E-state index contributed by atoms with van der Waals surface area (Å²) < 4.78 is 17.8. The molecule has 0 amide bonds. The third-order valence-electron chi connectivity index (χ3n) is 4.62. The summed E-state index contributed by atoms with van der Waals surface area (Å²) in [6.07, 6.45) is 0. The van der Waals surface area contributed by atoms with E-state index in [2.05, 4.69) is 32.2 Å². The second-order valence-electron chi connectivity index (χ2n) is 6.65. The van der Waals surface area contributed by atoms with Crippen LogP contribution in [0.1, 0.15) is 11.1 Å². The molecule has 30 heavy (non-hydrogen) atoms. The molecule has 0 aromatic heterocycles. The zero-order valence-electron chi connectivity index (χ0n) is 16.9. The van der Waals surface area contributed by atoms with Gasteiger partial charge in [0.25, 0.3) is 0 Å². The molecular weight excluding hydrogens is 515 g/mol. The molecule has 168 valence electrons. The number of halogens is 4. The first kappa shape index (κ1) is 27.3. The van der Waals surface area contributed by atoms with Crippen LogP contribution in [0.5, 0.6) is 11.5 Å². The number of rotatable bonds is 9. The lowest BCUT2D eigenvalue weighted by atomic mass is 10.2. The Bertz CT molecular complexity index is 760. The predicted octanol–water partition coefficient (Wildman–Crippen LogP) is 4.96. The number of hydrogen-bond donors (Lipinski definition) is 1. The molecule has 0 bridgehead atoms. The average Bonchev–Trinajstić information content (AvgIpc) is 2.72. The van der Waals surface area contributed by atoms with E-state index in [0.717, 1.165) is 61.5 Å². The van der Waals surface area contributed by atoms with E-state index >= 15 is 0 Å². The standard InChI is InChI=1S/C21H26BrClN2O3.2ClH/c1-26-20-13-17(14-24-6-7-25-8-10-27-11-9-25)12-19(22)21(20)28-15-16-2-4-18(23)5-3-16;;/h2-5,12-13,24H,6-11,14-15H2,1H3;2*1H. The van der Waals surface area contributed by atoms with Crippen molar-refractivity contribution in [3.8, 4) is 11.5 Å². The highest BCUT2D eigenvalue weighted by atomic mass is 79.9. The van der Waals surface area contributed by atoms with Crippen molar-refractivity contribution < 1.29 is 14.2 Å². The number of methoxy groups -OCH3 is 1. The summed E-state index contributed by atoms with van der Waals surface area (Å²) in [5.74, 6) is 1.42. The molecule has 0 unspecified atom stereocenters. The van der Waals surface area contributed by atoms with Gasteiger partial charge in [-0.05, 0) is 51.3 Å². The molecule has 5 nitrogen and oxygen atoms in total. The van der Waals surface area contributed by atoms with Crippen molar-refractivity contribution in [2.75, 3.05) is 46.5 Å². The van der Waals surface area contributed by atoms with Crippen LogP contribution in [-0.2, 0) is 17.9 Å². The molecule has 0 aliphatic carbocycles. The molecule has 9 heteroatoms. The van der Waals surface area contributed by atoms with E-state index in [1.54, 1.807) is 7.11 Å². The molecule has 1 fully saturated rings. The summed E-state index contributed by atoms with van der Waals surface area (Å²) in [5.41, 5.74) is 2.19. The highest BCUT2D eigenvalue weighted by Gasteiger charge is 2.13. The van der Waals surface area contributed by atoms with Crippen molar-refractivity contribution >= 4 is 52.3 Å². The molecule has 2 aromatic rings. The second-order valence-corrected chi connectivity index (χ2v) is 7.95. The first-order valence-corrected chi connectivity index (χ1v) is 10.6. The van der Waals surface area contributed by atoms with Crippen LogP contribution in [-0.4, -0.2) is 51.4 Å². The van der Waals surface area contributed by atoms with Gasteiger partial charge in [0.05, 0.1) is 24.8 Å². The van der Waals surface area contributed by atoms with E-state index in [-0.39, 0.29) is 24.8 Å². The number of hydrogen-bond acceptors (Lipinski definition) is 5. The zero-order chi connectivity index (χ0) is 19.8. The maximum atomic E-state index is 5.99. The van der Waals surface area contributed by atoms with Gasteiger partial charge in [0.15, 0.2) is 11.5 Å². The van der Waals surface area contributed by atoms with Gasteiger partial charge < -0.3 is 19.5 Å². The summed E-state index contributed by atoms with van der Waals surface area (Å²) in [7, 11) is 1.66. The molecule has 1 heterocycles. The maximum absolute atomic E-state index is 5.99. The van der Waals surface area contributed by atoms with Crippen molar-refractivity contribution in [1.29, 1.82) is 0 Å². The van der Waals surface area contributed by atoms with Crippen LogP contribution in [0.25, 0.3) is 0 Å². The molecule has 0 atom stereocenters. The van der Waals surface area contributed by atoms with Crippen LogP contribution in [0.2, 0.25) is 5.02 Å². The quantitative estimate of drug-likeness (QED) is 0.454. The number of nitrogens with zero attached hydrogens (tertiary/aromatic N) is 1. The lowest BCUT2D eigenvalue weighted by Crippen LogP contribution is -2.40. The van der Waals surface area contributed by atoms with Crippen LogP contribution in [0.3, 0.4) is 0 Å². The molecule has 1 N–H and O–H groups in total. The molecule has 0 saturated carbocycles. The minimum Gasteiger partial charge on any atom is -0.493 e. The average molecular weight is 543 g/mol. The second kappa shape index (κ2) is 14.4. The highest BCUT2D eigenvalue weighted by Crippen LogP contribution is 2.37. The number of benzene rings is 2. The Morgan fingerprint density at radius 1 is 1.10 bits per heavy atom. The molecule has 1 aliphatic heterocycles. The Balaban J connectivity index is 0.00000225. The van der Waals surface area contributed by atoms with Gasteiger partial charge in [-0.3, -0.25) is 4.90 Å². The van der Waals surface area contributed by atoms with Gasteiger partial charge in [-0.25, -0.2) is 0 Å². The third-order valence-corrected chi connectivity index (χ3v) is 5.46. The zero-order valence-corrected chi connectivity index (χ0v) is 20.8. The van der Waals surface area contributed by atoms with Gasteiger partial charge in [0, 0.05) is 37.7 Å². The van der Waals surface area contributed by atoms with E-state index in [4.69, 9.17) is 25.8 Å². The molecule has 1 saturated heterocycles. The largest absolute Gasteiger partial charge is 0.493 e. The highest BCUT2D eigenvalue weighted by molar-refractivity contribution is 9.10. The lowest BCUT2D eigenvalue weighted by molar-refractivity contribution is 0.0384. The smallest absolute Gasteiger partial charge is 0.175 e. The summed E-state index contributed by atoms with van der Waals surface area (Å²) in [5, 5.41) is 4.21. The number of morpholine rings is 1. The van der Waals surface area contributed by atoms with Crippen LogP contribution in [0, 0.1) is 0 Å². The van der Waals surface area contributed by atoms with E-state index in [1.165, 1.54) is 0 Å².